The predicted octanol–water partition coefficient (Wildman–Crippen LogP) is 3.64. The molecule has 2 aromatic rings. The van der Waals surface area contributed by atoms with Gasteiger partial charge in [0.15, 0.2) is 5.78 Å². The van der Waals surface area contributed by atoms with Crippen LogP contribution in [0.4, 0.5) is 0 Å². The number of rotatable bonds is 2. The van der Waals surface area contributed by atoms with Crippen LogP contribution in [0.2, 0.25) is 0 Å². The summed E-state index contributed by atoms with van der Waals surface area (Å²) in [6.07, 6.45) is 2.45. The lowest BCUT2D eigenvalue weighted by molar-refractivity contribution is 0.0971. The summed E-state index contributed by atoms with van der Waals surface area (Å²) < 4.78 is 5.75. The van der Waals surface area contributed by atoms with E-state index >= 15 is 0 Å². The third-order valence-electron chi connectivity index (χ3n) is 3.57. The first-order chi connectivity index (χ1) is 10.3. The Labute approximate surface area is 124 Å². The zero-order valence-electron chi connectivity index (χ0n) is 11.8. The van der Waals surface area contributed by atoms with Gasteiger partial charge < -0.3 is 4.74 Å². The topological polar surface area (TPSA) is 26.3 Å². The van der Waals surface area contributed by atoms with Crippen molar-refractivity contribution in [1.82, 2.24) is 0 Å². The summed E-state index contributed by atoms with van der Waals surface area (Å²) in [5.74, 6) is 7.09. The van der Waals surface area contributed by atoms with Gasteiger partial charge >= 0.3 is 0 Å². The highest BCUT2D eigenvalue weighted by Crippen LogP contribution is 2.29. The second-order valence-corrected chi connectivity index (χ2v) is 5.02. The van der Waals surface area contributed by atoms with Crippen molar-refractivity contribution in [2.45, 2.75) is 19.3 Å². The number of ketones is 1. The maximum Gasteiger partial charge on any atom is 0.163 e. The van der Waals surface area contributed by atoms with Crippen LogP contribution >= 0.6 is 0 Å². The van der Waals surface area contributed by atoms with E-state index in [0.29, 0.717) is 13.0 Å². The van der Waals surface area contributed by atoms with Gasteiger partial charge in [-0.3, -0.25) is 4.79 Å². The van der Waals surface area contributed by atoms with Crippen molar-refractivity contribution in [1.29, 1.82) is 0 Å². The Balaban J connectivity index is 1.71. The monoisotopic (exact) mass is 276 g/mol. The van der Waals surface area contributed by atoms with Crippen LogP contribution in [0.3, 0.4) is 0 Å². The molecule has 0 N–H and O–H groups in total. The molecule has 0 spiro atoms. The Kier molecular flexibility index (Phi) is 4.02. The number of hydrogen-bond donors (Lipinski definition) is 0. The average molecular weight is 276 g/mol. The van der Waals surface area contributed by atoms with Crippen molar-refractivity contribution in [3.63, 3.8) is 0 Å². The molecule has 3 rings (SSSR count). The van der Waals surface area contributed by atoms with E-state index in [1.807, 2.05) is 48.5 Å². The van der Waals surface area contributed by atoms with E-state index in [4.69, 9.17) is 4.74 Å². The highest BCUT2D eigenvalue weighted by Gasteiger charge is 2.19. The number of carbonyl (C=O) groups excluding carboxylic acids is 1. The summed E-state index contributed by atoms with van der Waals surface area (Å²) >= 11 is 0. The summed E-state index contributed by atoms with van der Waals surface area (Å²) in [4.78, 5) is 11.9. The Hall–Kier alpha value is -2.53. The van der Waals surface area contributed by atoms with Crippen molar-refractivity contribution in [2.75, 3.05) is 6.61 Å². The quantitative estimate of drug-likeness (QED) is 0.783. The molecule has 0 aromatic heterocycles. The molecule has 0 bridgehead atoms. The zero-order chi connectivity index (χ0) is 14.5. The van der Waals surface area contributed by atoms with E-state index in [0.717, 1.165) is 35.3 Å². The molecule has 2 heteroatoms. The van der Waals surface area contributed by atoms with Crippen LogP contribution in [0.15, 0.2) is 48.5 Å². The third-order valence-corrected chi connectivity index (χ3v) is 3.57. The van der Waals surface area contributed by atoms with Gasteiger partial charge in [-0.1, -0.05) is 42.2 Å². The van der Waals surface area contributed by atoms with Crippen LogP contribution in [-0.4, -0.2) is 12.4 Å². The number of Topliss-reactive ketones (excluding diaryl/α,β-unsaturated/α-hetero) is 1. The number of benzene rings is 2. The van der Waals surface area contributed by atoms with Gasteiger partial charge in [0.05, 0.1) is 0 Å². The first-order valence-corrected chi connectivity index (χ1v) is 7.16. The fourth-order valence-corrected chi connectivity index (χ4v) is 2.55. The second kappa shape index (κ2) is 6.28. The largest absolute Gasteiger partial charge is 0.481 e. The number of ether oxygens (including phenoxy) is 1. The molecule has 0 radical (unpaired) electrons. The van der Waals surface area contributed by atoms with E-state index < -0.39 is 0 Å². The fourth-order valence-electron chi connectivity index (χ4n) is 2.55. The fraction of sp³-hybridized carbons (Fsp3) is 0.211. The predicted molar refractivity (Wildman–Crippen MR) is 82.5 cm³/mol. The molecule has 0 atom stereocenters. The van der Waals surface area contributed by atoms with Gasteiger partial charge in [-0.2, -0.15) is 0 Å². The molecule has 0 amide bonds. The van der Waals surface area contributed by atoms with Crippen LogP contribution in [0.5, 0.6) is 5.75 Å². The molecule has 0 unspecified atom stereocenters. The molecular formula is C19H16O2. The number of carbonyl (C=O) groups is 1. The third kappa shape index (κ3) is 3.14. The van der Waals surface area contributed by atoms with E-state index in [9.17, 15) is 4.79 Å². The molecule has 0 fully saturated rings. The van der Waals surface area contributed by atoms with E-state index in [2.05, 4.69) is 11.8 Å². The lowest BCUT2D eigenvalue weighted by atomic mass is 9.90. The summed E-state index contributed by atoms with van der Waals surface area (Å²) in [6, 6.07) is 15.5. The molecule has 2 aromatic carbocycles. The highest BCUT2D eigenvalue weighted by molar-refractivity contribution is 5.99. The summed E-state index contributed by atoms with van der Waals surface area (Å²) in [6.45, 7) is 0.333. The Morgan fingerprint density at radius 1 is 1.00 bits per heavy atom. The van der Waals surface area contributed by atoms with Crippen LogP contribution in [0.25, 0.3) is 0 Å². The smallest absolute Gasteiger partial charge is 0.163 e. The minimum atomic E-state index is 0.220. The Bertz CT molecular complexity index is 705. The van der Waals surface area contributed by atoms with Gasteiger partial charge in [0.2, 0.25) is 0 Å². The van der Waals surface area contributed by atoms with E-state index in [-0.39, 0.29) is 5.78 Å². The normalized spacial score (nSPS) is 13.0. The molecule has 21 heavy (non-hydrogen) atoms. The van der Waals surface area contributed by atoms with Crippen LogP contribution in [-0.2, 0) is 6.42 Å². The molecule has 0 heterocycles. The van der Waals surface area contributed by atoms with Gasteiger partial charge in [0.1, 0.15) is 12.4 Å². The van der Waals surface area contributed by atoms with Crippen molar-refractivity contribution < 1.29 is 9.53 Å². The average Bonchev–Trinajstić information content (AvgIpc) is 2.53. The molecule has 104 valence electrons. The minimum Gasteiger partial charge on any atom is -0.481 e. The molecule has 2 nitrogen and oxygen atoms in total. The van der Waals surface area contributed by atoms with Crippen molar-refractivity contribution >= 4 is 5.78 Å². The van der Waals surface area contributed by atoms with Crippen molar-refractivity contribution in [2.24, 2.45) is 0 Å². The molecule has 0 saturated carbocycles. The number of hydrogen-bond acceptors (Lipinski definition) is 2. The maximum absolute atomic E-state index is 11.9. The molecule has 1 aliphatic carbocycles. The minimum absolute atomic E-state index is 0.220. The molecule has 0 aliphatic heterocycles. The lowest BCUT2D eigenvalue weighted by Gasteiger charge is -2.17. The Morgan fingerprint density at radius 2 is 1.86 bits per heavy atom. The van der Waals surface area contributed by atoms with Gasteiger partial charge in [0.25, 0.3) is 0 Å². The summed E-state index contributed by atoms with van der Waals surface area (Å²) in [5.41, 5.74) is 2.83. The number of fused-ring (bicyclic) bond motifs is 1. The van der Waals surface area contributed by atoms with Crippen molar-refractivity contribution in [3.05, 3.63) is 65.2 Å². The van der Waals surface area contributed by atoms with Gasteiger partial charge in [-0.25, -0.2) is 0 Å². The first kappa shape index (κ1) is 13.5. The Morgan fingerprint density at radius 3 is 2.71 bits per heavy atom. The molecule has 1 aliphatic rings. The molecule has 0 saturated heterocycles. The maximum atomic E-state index is 11.9. The van der Waals surface area contributed by atoms with Gasteiger partial charge in [-0.15, -0.1) is 0 Å². The van der Waals surface area contributed by atoms with E-state index in [1.165, 1.54) is 0 Å². The van der Waals surface area contributed by atoms with Gasteiger partial charge in [-0.05, 0) is 31.0 Å². The second-order valence-electron chi connectivity index (χ2n) is 5.02. The highest BCUT2D eigenvalue weighted by atomic mass is 16.5. The summed E-state index contributed by atoms with van der Waals surface area (Å²) in [5, 5.41) is 0. The van der Waals surface area contributed by atoms with Crippen LogP contribution in [0.1, 0.15) is 34.3 Å². The molecular weight excluding hydrogens is 260 g/mol. The SMILES string of the molecule is O=C1CCCc2c(OCC#Cc3ccccc3)cccc21. The van der Waals surface area contributed by atoms with Crippen LogP contribution < -0.4 is 4.74 Å². The summed E-state index contributed by atoms with van der Waals surface area (Å²) in [7, 11) is 0. The lowest BCUT2D eigenvalue weighted by Crippen LogP contribution is -2.12. The standard InChI is InChI=1S/C19H16O2/c20-18-12-4-11-17-16(18)10-5-13-19(17)21-14-6-9-15-7-2-1-3-8-15/h1-3,5,7-8,10,13H,4,11-12,14H2. The first-order valence-electron chi connectivity index (χ1n) is 7.16. The zero-order valence-corrected chi connectivity index (χ0v) is 11.8. The van der Waals surface area contributed by atoms with Crippen LogP contribution in [0, 0.1) is 11.8 Å². The van der Waals surface area contributed by atoms with E-state index in [1.54, 1.807) is 0 Å². The van der Waals surface area contributed by atoms with Gasteiger partial charge in [0, 0.05) is 23.1 Å². The van der Waals surface area contributed by atoms with Crippen molar-refractivity contribution in [3.8, 4) is 17.6 Å².